The van der Waals surface area contributed by atoms with Gasteiger partial charge in [0, 0.05) is 24.5 Å². The third-order valence-corrected chi connectivity index (χ3v) is 2.84. The minimum atomic E-state index is -0.414. The largest absolute Gasteiger partial charge is 0.369 e. The highest BCUT2D eigenvalue weighted by Crippen LogP contribution is 2.28. The average Bonchev–Trinajstić information content (AvgIpc) is 2.33. The van der Waals surface area contributed by atoms with E-state index in [0.717, 1.165) is 0 Å². The van der Waals surface area contributed by atoms with Crippen LogP contribution in [0.3, 0.4) is 0 Å². The molecule has 17 heavy (non-hydrogen) atoms. The Morgan fingerprint density at radius 3 is 2.65 bits per heavy atom. The second-order valence-electron chi connectivity index (χ2n) is 3.39. The molecule has 0 aliphatic carbocycles. The van der Waals surface area contributed by atoms with Crippen molar-refractivity contribution >= 4 is 23.2 Å². The predicted molar refractivity (Wildman–Crippen MR) is 67.3 cm³/mol. The smallest absolute Gasteiger partial charge is 0.142 e. The van der Waals surface area contributed by atoms with Gasteiger partial charge >= 0.3 is 0 Å². The third-order valence-electron chi connectivity index (χ3n) is 2.28. The van der Waals surface area contributed by atoms with E-state index in [2.05, 4.69) is 9.97 Å². The van der Waals surface area contributed by atoms with E-state index in [9.17, 15) is 0 Å². The van der Waals surface area contributed by atoms with E-state index in [1.54, 1.807) is 43.8 Å². The van der Waals surface area contributed by atoms with E-state index in [1.807, 2.05) is 0 Å². The Morgan fingerprint density at radius 1 is 1.18 bits per heavy atom. The quantitative estimate of drug-likeness (QED) is 0.855. The van der Waals surface area contributed by atoms with Crippen LogP contribution in [0.25, 0.3) is 0 Å². The van der Waals surface area contributed by atoms with Gasteiger partial charge in [-0.1, -0.05) is 23.2 Å². The van der Waals surface area contributed by atoms with Gasteiger partial charge < -0.3 is 4.74 Å². The SMILES string of the molecule is COC(c1cc(Cl)ccn1)c1ncccc1Cl. The fourth-order valence-electron chi connectivity index (χ4n) is 1.53. The Kier molecular flexibility index (Phi) is 3.94. The van der Waals surface area contributed by atoms with Crippen LogP contribution >= 0.6 is 23.2 Å². The zero-order valence-corrected chi connectivity index (χ0v) is 10.6. The second-order valence-corrected chi connectivity index (χ2v) is 4.23. The van der Waals surface area contributed by atoms with Crippen molar-refractivity contribution in [3.8, 4) is 0 Å². The Balaban J connectivity index is 2.44. The van der Waals surface area contributed by atoms with E-state index in [0.29, 0.717) is 21.4 Å². The molecule has 5 heteroatoms. The number of pyridine rings is 2. The van der Waals surface area contributed by atoms with Crippen molar-refractivity contribution in [2.75, 3.05) is 7.11 Å². The normalized spacial score (nSPS) is 12.4. The van der Waals surface area contributed by atoms with Crippen molar-refractivity contribution < 1.29 is 4.74 Å². The lowest BCUT2D eigenvalue weighted by Crippen LogP contribution is -2.08. The summed E-state index contributed by atoms with van der Waals surface area (Å²) in [6.07, 6.45) is 2.88. The zero-order valence-electron chi connectivity index (χ0n) is 9.10. The van der Waals surface area contributed by atoms with Crippen LogP contribution in [-0.4, -0.2) is 17.1 Å². The first-order valence-corrected chi connectivity index (χ1v) is 5.72. The summed E-state index contributed by atoms with van der Waals surface area (Å²) >= 11 is 12.0. The van der Waals surface area contributed by atoms with Gasteiger partial charge in [-0.3, -0.25) is 9.97 Å². The summed E-state index contributed by atoms with van der Waals surface area (Å²) in [7, 11) is 1.58. The summed E-state index contributed by atoms with van der Waals surface area (Å²) < 4.78 is 5.39. The molecule has 0 spiro atoms. The lowest BCUT2D eigenvalue weighted by molar-refractivity contribution is 0.129. The van der Waals surface area contributed by atoms with Crippen LogP contribution in [-0.2, 0) is 4.74 Å². The van der Waals surface area contributed by atoms with Gasteiger partial charge in [0.05, 0.1) is 16.4 Å². The molecule has 0 amide bonds. The lowest BCUT2D eigenvalue weighted by atomic mass is 10.1. The van der Waals surface area contributed by atoms with Gasteiger partial charge in [0.25, 0.3) is 0 Å². The van der Waals surface area contributed by atoms with Gasteiger partial charge in [0.15, 0.2) is 0 Å². The van der Waals surface area contributed by atoms with Crippen LogP contribution in [0.5, 0.6) is 0 Å². The molecule has 1 unspecified atom stereocenters. The Hall–Kier alpha value is -1.16. The first-order valence-electron chi connectivity index (χ1n) is 4.97. The Bertz CT molecular complexity index is 519. The third kappa shape index (κ3) is 2.75. The monoisotopic (exact) mass is 268 g/mol. The van der Waals surface area contributed by atoms with Crippen molar-refractivity contribution in [1.29, 1.82) is 0 Å². The number of methoxy groups -OCH3 is 1. The molecule has 2 aromatic rings. The molecule has 1 atom stereocenters. The maximum absolute atomic E-state index is 6.08. The van der Waals surface area contributed by atoms with E-state index < -0.39 is 6.10 Å². The molecule has 3 nitrogen and oxygen atoms in total. The zero-order chi connectivity index (χ0) is 12.3. The molecule has 88 valence electrons. The number of ether oxygens (including phenoxy) is 1. The first kappa shape index (κ1) is 12.3. The van der Waals surface area contributed by atoms with Crippen LogP contribution in [0.2, 0.25) is 10.0 Å². The van der Waals surface area contributed by atoms with Crippen molar-refractivity contribution in [2.24, 2.45) is 0 Å². The fraction of sp³-hybridized carbons (Fsp3) is 0.167. The molecular formula is C12H10Cl2N2O. The maximum Gasteiger partial charge on any atom is 0.142 e. The maximum atomic E-state index is 6.08. The number of rotatable bonds is 3. The summed E-state index contributed by atoms with van der Waals surface area (Å²) in [5.74, 6) is 0. The molecule has 2 heterocycles. The molecule has 2 rings (SSSR count). The van der Waals surface area contributed by atoms with Gasteiger partial charge in [-0.25, -0.2) is 0 Å². The van der Waals surface area contributed by atoms with Crippen molar-refractivity contribution in [2.45, 2.75) is 6.10 Å². The van der Waals surface area contributed by atoms with Crippen molar-refractivity contribution in [3.63, 3.8) is 0 Å². The molecule has 2 aromatic heterocycles. The summed E-state index contributed by atoms with van der Waals surface area (Å²) in [4.78, 5) is 8.44. The van der Waals surface area contributed by atoms with Crippen LogP contribution in [0.1, 0.15) is 17.5 Å². The molecule has 0 aliphatic heterocycles. The van der Waals surface area contributed by atoms with Crippen LogP contribution < -0.4 is 0 Å². The molecule has 0 N–H and O–H groups in total. The highest BCUT2D eigenvalue weighted by Gasteiger charge is 2.19. The average molecular weight is 269 g/mol. The molecular weight excluding hydrogens is 259 g/mol. The molecule has 0 bridgehead atoms. The topological polar surface area (TPSA) is 35.0 Å². The summed E-state index contributed by atoms with van der Waals surface area (Å²) in [5, 5.41) is 1.14. The van der Waals surface area contributed by atoms with Crippen LogP contribution in [0.4, 0.5) is 0 Å². The highest BCUT2D eigenvalue weighted by molar-refractivity contribution is 6.31. The standard InChI is InChI=1S/C12H10Cl2N2O/c1-17-12(10-7-8(13)4-6-15-10)11-9(14)3-2-5-16-11/h2-7,12H,1H3. The Labute approximate surface area is 109 Å². The number of hydrogen-bond acceptors (Lipinski definition) is 3. The predicted octanol–water partition coefficient (Wildman–Crippen LogP) is 3.52. The molecule has 0 saturated heterocycles. The number of aromatic nitrogens is 2. The number of hydrogen-bond donors (Lipinski definition) is 0. The van der Waals surface area contributed by atoms with E-state index >= 15 is 0 Å². The molecule has 0 fully saturated rings. The van der Waals surface area contributed by atoms with Gasteiger partial charge in [-0.2, -0.15) is 0 Å². The number of halogens is 2. The minimum Gasteiger partial charge on any atom is -0.369 e. The molecule has 0 aliphatic rings. The number of nitrogens with zero attached hydrogens (tertiary/aromatic N) is 2. The van der Waals surface area contributed by atoms with Gasteiger partial charge in [0.2, 0.25) is 0 Å². The summed E-state index contributed by atoms with van der Waals surface area (Å²) in [5.41, 5.74) is 1.31. The van der Waals surface area contributed by atoms with E-state index in [1.165, 1.54) is 0 Å². The van der Waals surface area contributed by atoms with Crippen molar-refractivity contribution in [1.82, 2.24) is 9.97 Å². The Morgan fingerprint density at radius 2 is 2.00 bits per heavy atom. The van der Waals surface area contributed by atoms with Gasteiger partial charge in [-0.15, -0.1) is 0 Å². The summed E-state index contributed by atoms with van der Waals surface area (Å²) in [6.45, 7) is 0. The fourth-order valence-corrected chi connectivity index (χ4v) is 1.92. The van der Waals surface area contributed by atoms with Gasteiger partial charge in [-0.05, 0) is 24.3 Å². The van der Waals surface area contributed by atoms with Crippen molar-refractivity contribution in [3.05, 3.63) is 58.1 Å². The second kappa shape index (κ2) is 5.45. The molecule has 0 aromatic carbocycles. The van der Waals surface area contributed by atoms with Gasteiger partial charge in [0.1, 0.15) is 6.10 Å². The first-order chi connectivity index (χ1) is 8.22. The summed E-state index contributed by atoms with van der Waals surface area (Å²) in [6, 6.07) is 6.98. The van der Waals surface area contributed by atoms with Crippen LogP contribution in [0, 0.1) is 0 Å². The molecule has 0 radical (unpaired) electrons. The molecule has 0 saturated carbocycles. The lowest BCUT2D eigenvalue weighted by Gasteiger charge is -2.15. The van der Waals surface area contributed by atoms with E-state index in [-0.39, 0.29) is 0 Å². The van der Waals surface area contributed by atoms with Crippen LogP contribution in [0.15, 0.2) is 36.7 Å². The van der Waals surface area contributed by atoms with E-state index in [4.69, 9.17) is 27.9 Å². The minimum absolute atomic E-state index is 0.414. The highest BCUT2D eigenvalue weighted by atomic mass is 35.5.